The number of anilines is 2. The Morgan fingerprint density at radius 1 is 1.38 bits per heavy atom. The zero-order valence-electron chi connectivity index (χ0n) is 10.9. The Kier molecular flexibility index (Phi) is 2.98. The number of benzene rings is 1. The van der Waals surface area contributed by atoms with Gasteiger partial charge >= 0.3 is 5.97 Å². The molecule has 106 valence electrons. The van der Waals surface area contributed by atoms with Crippen LogP contribution >= 0.6 is 0 Å². The Bertz CT molecular complexity index is 846. The van der Waals surface area contributed by atoms with Crippen LogP contribution in [0.15, 0.2) is 30.6 Å². The van der Waals surface area contributed by atoms with Gasteiger partial charge in [-0.1, -0.05) is 0 Å². The molecule has 21 heavy (non-hydrogen) atoms. The molecule has 3 aromatic rings. The minimum Gasteiger partial charge on any atom is -0.478 e. The summed E-state index contributed by atoms with van der Waals surface area (Å²) < 4.78 is 15.4. The maximum atomic E-state index is 13.9. The Hall–Kier alpha value is -3.03. The molecule has 2 aromatic heterocycles. The highest BCUT2D eigenvalue weighted by molar-refractivity contribution is 5.88. The van der Waals surface area contributed by atoms with Crippen molar-refractivity contribution in [2.45, 2.75) is 6.92 Å². The van der Waals surface area contributed by atoms with Crippen molar-refractivity contribution >= 4 is 23.3 Å². The highest BCUT2D eigenvalue weighted by Crippen LogP contribution is 2.21. The van der Waals surface area contributed by atoms with Crippen LogP contribution in [0, 0.1) is 12.7 Å². The second kappa shape index (κ2) is 4.82. The Balaban J connectivity index is 2.02. The van der Waals surface area contributed by atoms with E-state index in [2.05, 4.69) is 20.4 Å². The van der Waals surface area contributed by atoms with Gasteiger partial charge in [-0.2, -0.15) is 14.6 Å². The van der Waals surface area contributed by atoms with Crippen LogP contribution in [0.3, 0.4) is 0 Å². The Morgan fingerprint density at radius 2 is 2.19 bits per heavy atom. The van der Waals surface area contributed by atoms with Crippen LogP contribution < -0.4 is 5.32 Å². The van der Waals surface area contributed by atoms with Crippen LogP contribution in [0.1, 0.15) is 16.1 Å². The molecule has 1 aromatic carbocycles. The molecule has 0 aliphatic heterocycles. The van der Waals surface area contributed by atoms with Crippen molar-refractivity contribution < 1.29 is 14.3 Å². The fourth-order valence-electron chi connectivity index (χ4n) is 1.91. The zero-order chi connectivity index (χ0) is 15.0. The van der Waals surface area contributed by atoms with Crippen LogP contribution in [0.4, 0.5) is 15.9 Å². The minimum atomic E-state index is -1.18. The zero-order valence-corrected chi connectivity index (χ0v) is 10.9. The molecule has 2 N–H and O–H groups in total. The molecule has 0 saturated carbocycles. The number of nitrogens with zero attached hydrogens (tertiary/aromatic N) is 4. The number of aromatic carboxylic acids is 1. The van der Waals surface area contributed by atoms with E-state index in [9.17, 15) is 9.18 Å². The molecule has 0 amide bonds. The lowest BCUT2D eigenvalue weighted by atomic mass is 10.2. The molecule has 2 heterocycles. The molecule has 0 spiro atoms. The van der Waals surface area contributed by atoms with E-state index in [1.165, 1.54) is 23.0 Å². The van der Waals surface area contributed by atoms with Gasteiger partial charge < -0.3 is 10.4 Å². The number of halogens is 1. The molecule has 0 saturated heterocycles. The van der Waals surface area contributed by atoms with Gasteiger partial charge in [0.2, 0.25) is 0 Å². The number of nitrogens with one attached hydrogen (secondary N) is 1. The van der Waals surface area contributed by atoms with Crippen molar-refractivity contribution in [1.29, 1.82) is 0 Å². The highest BCUT2D eigenvalue weighted by atomic mass is 19.1. The molecular weight excluding hydrogens is 277 g/mol. The minimum absolute atomic E-state index is 0.116. The number of rotatable bonds is 3. The van der Waals surface area contributed by atoms with E-state index in [-0.39, 0.29) is 11.3 Å². The highest BCUT2D eigenvalue weighted by Gasteiger charge is 2.11. The topological polar surface area (TPSA) is 92.4 Å². The molecule has 0 aliphatic carbocycles. The summed E-state index contributed by atoms with van der Waals surface area (Å²) >= 11 is 0. The third kappa shape index (κ3) is 2.38. The molecular formula is C13H10FN5O2. The predicted molar refractivity (Wildman–Crippen MR) is 72.2 cm³/mol. The maximum absolute atomic E-state index is 13.9. The summed E-state index contributed by atoms with van der Waals surface area (Å²) in [7, 11) is 0. The van der Waals surface area contributed by atoms with Crippen LogP contribution in [0.2, 0.25) is 0 Å². The fraction of sp³-hybridized carbons (Fsp3) is 0.0769. The smallest absolute Gasteiger partial charge is 0.335 e. The second-order valence-corrected chi connectivity index (χ2v) is 4.38. The quantitative estimate of drug-likeness (QED) is 0.765. The Morgan fingerprint density at radius 3 is 2.90 bits per heavy atom. The number of carboxylic acid groups (broad SMARTS) is 1. The van der Waals surface area contributed by atoms with Crippen molar-refractivity contribution in [2.24, 2.45) is 0 Å². The number of carbonyl (C=O) groups is 1. The van der Waals surface area contributed by atoms with Gasteiger partial charge in [0, 0.05) is 11.8 Å². The van der Waals surface area contributed by atoms with Crippen molar-refractivity contribution in [1.82, 2.24) is 19.6 Å². The molecule has 0 bridgehead atoms. The molecule has 8 heteroatoms. The first-order valence-electron chi connectivity index (χ1n) is 6.02. The average Bonchev–Trinajstić information content (AvgIpc) is 2.88. The molecule has 7 nitrogen and oxygen atoms in total. The van der Waals surface area contributed by atoms with Gasteiger partial charge in [-0.25, -0.2) is 14.2 Å². The third-order valence-electron chi connectivity index (χ3n) is 2.86. The standard InChI is InChI=1S/C13H10FN5O2/c1-7-4-11(19-13(17-7)15-6-16-19)18-10-3-2-8(12(20)21)5-9(10)14/h2-6,18H,1H3,(H,20,21). The molecule has 0 radical (unpaired) electrons. The van der Waals surface area contributed by atoms with E-state index in [0.29, 0.717) is 17.3 Å². The normalized spacial score (nSPS) is 10.8. The SMILES string of the molecule is Cc1cc(Nc2ccc(C(=O)O)cc2F)n2ncnc2n1. The number of carboxylic acids is 1. The first kappa shape index (κ1) is 13.0. The number of hydrogen-bond donors (Lipinski definition) is 2. The summed E-state index contributed by atoms with van der Waals surface area (Å²) in [6.45, 7) is 1.78. The molecule has 0 atom stereocenters. The van der Waals surface area contributed by atoms with E-state index >= 15 is 0 Å². The summed E-state index contributed by atoms with van der Waals surface area (Å²) in [5, 5.41) is 15.7. The van der Waals surface area contributed by atoms with Gasteiger partial charge in [-0.15, -0.1) is 0 Å². The van der Waals surface area contributed by atoms with Gasteiger partial charge in [0.05, 0.1) is 11.3 Å². The van der Waals surface area contributed by atoms with Gasteiger partial charge in [0.1, 0.15) is 18.0 Å². The molecule has 0 fully saturated rings. The maximum Gasteiger partial charge on any atom is 0.335 e. The van der Waals surface area contributed by atoms with E-state index < -0.39 is 11.8 Å². The van der Waals surface area contributed by atoms with Gasteiger partial charge in [-0.3, -0.25) is 0 Å². The Labute approximate surface area is 118 Å². The van der Waals surface area contributed by atoms with Crippen molar-refractivity contribution in [2.75, 3.05) is 5.32 Å². The number of aromatic nitrogens is 4. The third-order valence-corrected chi connectivity index (χ3v) is 2.86. The van der Waals surface area contributed by atoms with Gasteiger partial charge in [0.25, 0.3) is 5.78 Å². The fourth-order valence-corrected chi connectivity index (χ4v) is 1.91. The summed E-state index contributed by atoms with van der Waals surface area (Å²) in [5.74, 6) is -0.978. The number of fused-ring (bicyclic) bond motifs is 1. The first-order chi connectivity index (χ1) is 10.0. The van der Waals surface area contributed by atoms with E-state index in [4.69, 9.17) is 5.11 Å². The molecule has 0 aliphatic rings. The average molecular weight is 287 g/mol. The van der Waals surface area contributed by atoms with Crippen molar-refractivity contribution in [3.8, 4) is 0 Å². The largest absolute Gasteiger partial charge is 0.478 e. The molecule has 0 unspecified atom stereocenters. The lowest BCUT2D eigenvalue weighted by molar-refractivity contribution is 0.0696. The van der Waals surface area contributed by atoms with Crippen LogP contribution in [0.5, 0.6) is 0 Å². The van der Waals surface area contributed by atoms with Crippen molar-refractivity contribution in [3.05, 3.63) is 47.7 Å². The van der Waals surface area contributed by atoms with Crippen molar-refractivity contribution in [3.63, 3.8) is 0 Å². The monoisotopic (exact) mass is 287 g/mol. The summed E-state index contributed by atoms with van der Waals surface area (Å²) in [4.78, 5) is 18.9. The lowest BCUT2D eigenvalue weighted by Crippen LogP contribution is -2.05. The summed E-state index contributed by atoms with van der Waals surface area (Å²) in [6, 6.07) is 5.32. The summed E-state index contributed by atoms with van der Waals surface area (Å²) in [5.41, 5.74) is 0.720. The van der Waals surface area contributed by atoms with Gasteiger partial charge in [0.15, 0.2) is 0 Å². The number of aryl methyl sites for hydroxylation is 1. The lowest BCUT2D eigenvalue weighted by Gasteiger charge is -2.10. The van der Waals surface area contributed by atoms with Crippen LogP contribution in [-0.4, -0.2) is 30.7 Å². The van der Waals surface area contributed by atoms with Gasteiger partial charge in [-0.05, 0) is 25.1 Å². The van der Waals surface area contributed by atoms with Crippen LogP contribution in [-0.2, 0) is 0 Å². The summed E-state index contributed by atoms with van der Waals surface area (Å²) in [6.07, 6.45) is 1.34. The number of hydrogen-bond acceptors (Lipinski definition) is 5. The first-order valence-corrected chi connectivity index (χ1v) is 6.02. The molecule has 3 rings (SSSR count). The van der Waals surface area contributed by atoms with E-state index in [1.54, 1.807) is 13.0 Å². The predicted octanol–water partition coefficient (Wildman–Crippen LogP) is 2.01. The van der Waals surface area contributed by atoms with E-state index in [0.717, 1.165) is 6.07 Å². The van der Waals surface area contributed by atoms with E-state index in [1.807, 2.05) is 0 Å². The second-order valence-electron chi connectivity index (χ2n) is 4.38. The van der Waals surface area contributed by atoms with Crippen LogP contribution in [0.25, 0.3) is 5.78 Å².